The number of anilines is 1. The number of piperidine rings is 1. The largest absolute Gasteiger partial charge is 0.444 e. The molecule has 5 rings (SSSR count). The molecule has 2 fully saturated rings. The number of H-pyrrole nitrogens is 1. The third-order valence-electron chi connectivity index (χ3n) is 7.06. The highest BCUT2D eigenvalue weighted by Gasteiger charge is 2.29. The summed E-state index contributed by atoms with van der Waals surface area (Å²) in [6.45, 7) is 9.53. The Balaban J connectivity index is 1.37. The smallest absolute Gasteiger partial charge is 0.410 e. The molecule has 0 spiro atoms. The number of nitrogens with one attached hydrogen (secondary N) is 2. The molecule has 3 aromatic rings. The van der Waals surface area contributed by atoms with Gasteiger partial charge in [0.1, 0.15) is 17.1 Å². The second-order valence-electron chi connectivity index (χ2n) is 11.1. The number of carbonyl (C=O) groups is 1. The van der Waals surface area contributed by atoms with E-state index in [4.69, 9.17) is 26.1 Å². The summed E-state index contributed by atoms with van der Waals surface area (Å²) in [4.78, 5) is 27.4. The molecule has 37 heavy (non-hydrogen) atoms. The molecule has 1 atom stereocenters. The second kappa shape index (κ2) is 10.9. The number of aromatic amines is 1. The number of ether oxygens (including phenoxy) is 2. The van der Waals surface area contributed by atoms with Crippen molar-refractivity contribution >= 4 is 34.5 Å². The zero-order valence-corrected chi connectivity index (χ0v) is 22.6. The lowest BCUT2D eigenvalue weighted by Crippen LogP contribution is -2.42. The van der Waals surface area contributed by atoms with Gasteiger partial charge in [0, 0.05) is 61.6 Å². The van der Waals surface area contributed by atoms with Crippen molar-refractivity contribution in [3.8, 4) is 11.3 Å². The van der Waals surface area contributed by atoms with Crippen LogP contribution in [0.25, 0.3) is 22.3 Å². The molecule has 1 amide bonds. The first kappa shape index (κ1) is 25.8. The molecule has 8 nitrogen and oxygen atoms in total. The topological polar surface area (TPSA) is 92.4 Å². The fourth-order valence-electron chi connectivity index (χ4n) is 5.15. The van der Waals surface area contributed by atoms with Gasteiger partial charge >= 0.3 is 6.09 Å². The maximum absolute atomic E-state index is 12.7. The maximum atomic E-state index is 12.7. The molecule has 3 aromatic heterocycles. The number of hydrogen-bond donors (Lipinski definition) is 2. The van der Waals surface area contributed by atoms with Crippen LogP contribution in [0.5, 0.6) is 0 Å². The fraction of sp³-hybridized carbons (Fsp3) is 0.536. The van der Waals surface area contributed by atoms with Gasteiger partial charge in [-0.15, -0.1) is 0 Å². The number of likely N-dealkylation sites (tertiary alicyclic amines) is 1. The van der Waals surface area contributed by atoms with E-state index in [2.05, 4.69) is 21.4 Å². The lowest BCUT2D eigenvalue weighted by Gasteiger charge is -2.33. The molecule has 0 saturated carbocycles. The molecule has 2 aliphatic rings. The lowest BCUT2D eigenvalue weighted by molar-refractivity contribution is 0.0197. The van der Waals surface area contributed by atoms with E-state index >= 15 is 0 Å². The molecule has 2 N–H and O–H groups in total. The first-order valence-electron chi connectivity index (χ1n) is 13.2. The summed E-state index contributed by atoms with van der Waals surface area (Å²) in [5.74, 6) is 1.60. The van der Waals surface area contributed by atoms with Gasteiger partial charge in [-0.05, 0) is 70.6 Å². The summed E-state index contributed by atoms with van der Waals surface area (Å²) in [5.41, 5.74) is 2.98. The van der Waals surface area contributed by atoms with Gasteiger partial charge in [0.25, 0.3) is 0 Å². The zero-order chi connectivity index (χ0) is 26.0. The molecule has 0 bridgehead atoms. The average Bonchev–Trinajstić information content (AvgIpc) is 3.32. The number of aromatic nitrogens is 3. The standard InChI is InChI=1S/C28H36ClN5O3/c1-28(2,3)37-27(35)34-11-5-6-19(17-34)23-14-20-25(21(29)16-31-26(20)33-23)22-7-4-8-24(32-22)30-15-18-9-12-36-13-10-18/h4,7-8,14,16,18-19H,5-6,9-13,15,17H2,1-3H3,(H,30,32)(H,31,33). The minimum atomic E-state index is -0.512. The van der Waals surface area contributed by atoms with Crippen LogP contribution in [0.15, 0.2) is 30.5 Å². The number of rotatable bonds is 5. The van der Waals surface area contributed by atoms with Gasteiger partial charge in [0.15, 0.2) is 0 Å². The van der Waals surface area contributed by atoms with Crippen LogP contribution in [0.2, 0.25) is 5.02 Å². The van der Waals surface area contributed by atoms with E-state index in [0.29, 0.717) is 24.0 Å². The van der Waals surface area contributed by atoms with Gasteiger partial charge in [0.2, 0.25) is 0 Å². The van der Waals surface area contributed by atoms with Crippen LogP contribution in [0.4, 0.5) is 10.6 Å². The summed E-state index contributed by atoms with van der Waals surface area (Å²) in [7, 11) is 0. The Morgan fingerprint density at radius 3 is 2.86 bits per heavy atom. The van der Waals surface area contributed by atoms with Crippen LogP contribution < -0.4 is 5.32 Å². The first-order chi connectivity index (χ1) is 17.8. The lowest BCUT2D eigenvalue weighted by atomic mass is 9.94. The molecule has 2 saturated heterocycles. The van der Waals surface area contributed by atoms with Crippen LogP contribution in [0, 0.1) is 5.92 Å². The summed E-state index contributed by atoms with van der Waals surface area (Å²) in [6.07, 6.45) is 5.47. The molecule has 9 heteroatoms. The highest BCUT2D eigenvalue weighted by molar-refractivity contribution is 6.34. The predicted molar refractivity (Wildman–Crippen MR) is 146 cm³/mol. The second-order valence-corrected chi connectivity index (χ2v) is 11.5. The van der Waals surface area contributed by atoms with Crippen molar-refractivity contribution in [3.05, 3.63) is 41.2 Å². The first-order valence-corrected chi connectivity index (χ1v) is 13.6. The van der Waals surface area contributed by atoms with Gasteiger partial charge in [-0.2, -0.15) is 0 Å². The highest BCUT2D eigenvalue weighted by atomic mass is 35.5. The van der Waals surface area contributed by atoms with E-state index in [0.717, 1.165) is 79.2 Å². The summed E-state index contributed by atoms with van der Waals surface area (Å²) >= 11 is 6.69. The van der Waals surface area contributed by atoms with Crippen molar-refractivity contribution in [1.82, 2.24) is 19.9 Å². The van der Waals surface area contributed by atoms with Gasteiger partial charge in [0.05, 0.1) is 10.7 Å². The minimum absolute atomic E-state index is 0.169. The predicted octanol–water partition coefficient (Wildman–Crippen LogP) is 6.23. The van der Waals surface area contributed by atoms with E-state index in [1.54, 1.807) is 11.1 Å². The van der Waals surface area contributed by atoms with Crippen molar-refractivity contribution < 1.29 is 14.3 Å². The van der Waals surface area contributed by atoms with Crippen LogP contribution in [0.3, 0.4) is 0 Å². The van der Waals surface area contributed by atoms with Crippen molar-refractivity contribution in [2.45, 2.75) is 58.0 Å². The number of halogens is 1. The fourth-order valence-corrected chi connectivity index (χ4v) is 5.39. The third-order valence-corrected chi connectivity index (χ3v) is 7.35. The Kier molecular flexibility index (Phi) is 7.58. The van der Waals surface area contributed by atoms with E-state index in [-0.39, 0.29) is 12.0 Å². The Labute approximate surface area is 223 Å². The van der Waals surface area contributed by atoms with Crippen molar-refractivity contribution in [1.29, 1.82) is 0 Å². The van der Waals surface area contributed by atoms with E-state index < -0.39 is 5.60 Å². The Morgan fingerprint density at radius 2 is 2.08 bits per heavy atom. The summed E-state index contributed by atoms with van der Waals surface area (Å²) in [5, 5.41) is 5.00. The van der Waals surface area contributed by atoms with Crippen LogP contribution in [-0.2, 0) is 9.47 Å². The quantitative estimate of drug-likeness (QED) is 0.410. The van der Waals surface area contributed by atoms with Crippen molar-refractivity contribution in [2.24, 2.45) is 5.92 Å². The third kappa shape index (κ3) is 6.18. The molecule has 0 aliphatic carbocycles. The van der Waals surface area contributed by atoms with Gasteiger partial charge in [-0.3, -0.25) is 0 Å². The summed E-state index contributed by atoms with van der Waals surface area (Å²) in [6, 6.07) is 8.10. The number of nitrogens with zero attached hydrogens (tertiary/aromatic N) is 3. The van der Waals surface area contributed by atoms with Crippen LogP contribution in [-0.4, -0.2) is 64.4 Å². The summed E-state index contributed by atoms with van der Waals surface area (Å²) < 4.78 is 11.1. The molecule has 5 heterocycles. The average molecular weight is 526 g/mol. The minimum Gasteiger partial charge on any atom is -0.444 e. The number of fused-ring (bicyclic) bond motifs is 1. The van der Waals surface area contributed by atoms with Gasteiger partial charge in [-0.25, -0.2) is 14.8 Å². The highest BCUT2D eigenvalue weighted by Crippen LogP contribution is 2.37. The maximum Gasteiger partial charge on any atom is 0.410 e. The normalized spacial score (nSPS) is 19.2. The Hall–Kier alpha value is -2.84. The molecular formula is C28H36ClN5O3. The molecule has 2 aliphatic heterocycles. The number of amides is 1. The number of carbonyl (C=O) groups excluding carboxylic acids is 1. The van der Waals surface area contributed by atoms with E-state index in [1.807, 2.05) is 39.0 Å². The molecule has 0 radical (unpaired) electrons. The monoisotopic (exact) mass is 525 g/mol. The molecule has 198 valence electrons. The molecular weight excluding hydrogens is 490 g/mol. The number of pyridine rings is 2. The number of hydrogen-bond acceptors (Lipinski definition) is 6. The van der Waals surface area contributed by atoms with Gasteiger partial charge in [-0.1, -0.05) is 17.7 Å². The van der Waals surface area contributed by atoms with E-state index in [1.165, 1.54) is 0 Å². The molecule has 1 unspecified atom stereocenters. The molecule has 0 aromatic carbocycles. The SMILES string of the molecule is CC(C)(C)OC(=O)N1CCCC(c2cc3c(-c4cccc(NCC5CCOCC5)n4)c(Cl)cnc3[nH]2)C1. The van der Waals surface area contributed by atoms with Crippen molar-refractivity contribution in [2.75, 3.05) is 38.2 Å². The Morgan fingerprint density at radius 1 is 1.27 bits per heavy atom. The van der Waals surface area contributed by atoms with E-state index in [9.17, 15) is 4.79 Å². The van der Waals surface area contributed by atoms with Crippen molar-refractivity contribution in [3.63, 3.8) is 0 Å². The van der Waals surface area contributed by atoms with Crippen LogP contribution in [0.1, 0.15) is 58.1 Å². The van der Waals surface area contributed by atoms with Crippen LogP contribution >= 0.6 is 11.6 Å². The van der Waals surface area contributed by atoms with Gasteiger partial charge < -0.3 is 24.7 Å². The Bertz CT molecular complexity index is 1250. The zero-order valence-electron chi connectivity index (χ0n) is 21.8.